The number of fused-ring (bicyclic) bond motifs is 1. The standard InChI is InChI=1S/C20H23NO4/c1-22-18-10-16(11-19-20(18)25-14-24-19)12-21-7-8-23-17(13-21)9-15-5-3-2-4-6-15/h2-6,10-11,17H,7-9,12-14H2,1H3. The van der Waals surface area contributed by atoms with Gasteiger partial charge in [0.05, 0.1) is 19.8 Å². The molecule has 0 N–H and O–H groups in total. The summed E-state index contributed by atoms with van der Waals surface area (Å²) in [5.74, 6) is 2.21. The highest BCUT2D eigenvalue weighted by molar-refractivity contribution is 5.55. The summed E-state index contributed by atoms with van der Waals surface area (Å²) >= 11 is 0. The Morgan fingerprint density at radius 3 is 2.84 bits per heavy atom. The summed E-state index contributed by atoms with van der Waals surface area (Å²) in [6.07, 6.45) is 1.17. The van der Waals surface area contributed by atoms with E-state index in [1.807, 2.05) is 18.2 Å². The molecular weight excluding hydrogens is 318 g/mol. The van der Waals surface area contributed by atoms with Crippen molar-refractivity contribution >= 4 is 0 Å². The molecule has 2 aliphatic rings. The van der Waals surface area contributed by atoms with Crippen molar-refractivity contribution in [3.8, 4) is 17.2 Å². The van der Waals surface area contributed by atoms with Crippen LogP contribution in [0.5, 0.6) is 17.2 Å². The van der Waals surface area contributed by atoms with Crippen molar-refractivity contribution in [2.45, 2.75) is 19.1 Å². The Balaban J connectivity index is 1.42. The Labute approximate surface area is 148 Å². The van der Waals surface area contributed by atoms with Crippen molar-refractivity contribution in [1.29, 1.82) is 0 Å². The molecule has 2 aromatic rings. The lowest BCUT2D eigenvalue weighted by atomic mass is 10.1. The minimum atomic E-state index is 0.229. The number of benzene rings is 2. The minimum absolute atomic E-state index is 0.229. The summed E-state index contributed by atoms with van der Waals surface area (Å²) in [4.78, 5) is 2.42. The largest absolute Gasteiger partial charge is 0.493 e. The van der Waals surface area contributed by atoms with Gasteiger partial charge in [-0.05, 0) is 29.7 Å². The summed E-state index contributed by atoms with van der Waals surface area (Å²) in [6, 6.07) is 14.6. The van der Waals surface area contributed by atoms with Crippen LogP contribution < -0.4 is 14.2 Å². The monoisotopic (exact) mass is 341 g/mol. The van der Waals surface area contributed by atoms with Crippen LogP contribution in [-0.2, 0) is 17.7 Å². The predicted molar refractivity (Wildman–Crippen MR) is 94.3 cm³/mol. The number of methoxy groups -OCH3 is 1. The normalized spacial score (nSPS) is 19.8. The summed E-state index contributed by atoms with van der Waals surface area (Å²) < 4.78 is 22.4. The zero-order chi connectivity index (χ0) is 17.1. The Morgan fingerprint density at radius 1 is 1.12 bits per heavy atom. The van der Waals surface area contributed by atoms with E-state index in [9.17, 15) is 0 Å². The average molecular weight is 341 g/mol. The van der Waals surface area contributed by atoms with Crippen molar-refractivity contribution in [2.75, 3.05) is 33.6 Å². The second-order valence-electron chi connectivity index (χ2n) is 6.45. The summed E-state index contributed by atoms with van der Waals surface area (Å²) in [7, 11) is 1.66. The van der Waals surface area contributed by atoms with E-state index in [2.05, 4.69) is 29.2 Å². The van der Waals surface area contributed by atoms with E-state index in [0.29, 0.717) is 5.75 Å². The third-order valence-corrected chi connectivity index (χ3v) is 4.65. The first-order chi connectivity index (χ1) is 12.3. The minimum Gasteiger partial charge on any atom is -0.493 e. The van der Waals surface area contributed by atoms with E-state index in [0.717, 1.165) is 44.2 Å². The smallest absolute Gasteiger partial charge is 0.231 e. The molecule has 5 heteroatoms. The van der Waals surface area contributed by atoms with Crippen LogP contribution in [0.4, 0.5) is 0 Å². The highest BCUT2D eigenvalue weighted by Gasteiger charge is 2.24. The first kappa shape index (κ1) is 16.2. The van der Waals surface area contributed by atoms with Gasteiger partial charge in [-0.25, -0.2) is 0 Å². The van der Waals surface area contributed by atoms with Crippen LogP contribution in [0.2, 0.25) is 0 Å². The van der Waals surface area contributed by atoms with Crippen LogP contribution in [-0.4, -0.2) is 44.6 Å². The first-order valence-electron chi connectivity index (χ1n) is 8.66. The van der Waals surface area contributed by atoms with Crippen molar-refractivity contribution in [2.24, 2.45) is 0 Å². The molecule has 0 saturated carbocycles. The fourth-order valence-electron chi connectivity index (χ4n) is 3.46. The Hall–Kier alpha value is -2.24. The van der Waals surface area contributed by atoms with Gasteiger partial charge in [-0.2, -0.15) is 0 Å². The van der Waals surface area contributed by atoms with E-state index in [-0.39, 0.29) is 12.9 Å². The van der Waals surface area contributed by atoms with Crippen LogP contribution in [0.25, 0.3) is 0 Å². The van der Waals surface area contributed by atoms with Gasteiger partial charge in [-0.3, -0.25) is 4.90 Å². The molecule has 2 heterocycles. The van der Waals surface area contributed by atoms with Gasteiger partial charge >= 0.3 is 0 Å². The summed E-state index contributed by atoms with van der Waals surface area (Å²) in [5, 5.41) is 0. The maximum Gasteiger partial charge on any atom is 0.231 e. The van der Waals surface area contributed by atoms with Crippen molar-refractivity contribution in [3.05, 3.63) is 53.6 Å². The maximum atomic E-state index is 5.96. The van der Waals surface area contributed by atoms with Crippen LogP contribution in [0.15, 0.2) is 42.5 Å². The molecule has 1 saturated heterocycles. The Kier molecular flexibility index (Phi) is 4.76. The molecule has 2 aromatic carbocycles. The van der Waals surface area contributed by atoms with E-state index in [1.54, 1.807) is 7.11 Å². The van der Waals surface area contributed by atoms with Crippen LogP contribution in [0.1, 0.15) is 11.1 Å². The molecule has 1 fully saturated rings. The molecule has 0 radical (unpaired) electrons. The Morgan fingerprint density at radius 2 is 2.00 bits per heavy atom. The quantitative estimate of drug-likeness (QED) is 0.836. The van der Waals surface area contributed by atoms with Crippen molar-refractivity contribution < 1.29 is 18.9 Å². The number of nitrogens with zero attached hydrogens (tertiary/aromatic N) is 1. The fraction of sp³-hybridized carbons (Fsp3) is 0.400. The maximum absolute atomic E-state index is 5.96. The number of rotatable bonds is 5. The molecule has 132 valence electrons. The van der Waals surface area contributed by atoms with Crippen LogP contribution in [0, 0.1) is 0 Å². The highest BCUT2D eigenvalue weighted by Crippen LogP contribution is 2.42. The van der Waals surface area contributed by atoms with Crippen molar-refractivity contribution in [3.63, 3.8) is 0 Å². The second kappa shape index (κ2) is 7.33. The highest BCUT2D eigenvalue weighted by atomic mass is 16.7. The SMILES string of the molecule is COc1cc(CN2CCOC(Cc3ccccc3)C2)cc2c1OCO2. The molecule has 4 rings (SSSR count). The van der Waals surface area contributed by atoms with Gasteiger partial charge < -0.3 is 18.9 Å². The van der Waals surface area contributed by atoms with E-state index in [4.69, 9.17) is 18.9 Å². The lowest BCUT2D eigenvalue weighted by Crippen LogP contribution is -2.42. The molecule has 25 heavy (non-hydrogen) atoms. The first-order valence-corrected chi connectivity index (χ1v) is 8.66. The summed E-state index contributed by atoms with van der Waals surface area (Å²) in [5.41, 5.74) is 2.49. The molecule has 5 nitrogen and oxygen atoms in total. The predicted octanol–water partition coefficient (Wildman–Crippen LogP) is 2.87. The summed E-state index contributed by atoms with van der Waals surface area (Å²) in [6.45, 7) is 3.72. The third kappa shape index (κ3) is 3.72. The van der Waals surface area contributed by atoms with Crippen LogP contribution in [0.3, 0.4) is 0 Å². The molecule has 0 amide bonds. The van der Waals surface area contributed by atoms with Crippen LogP contribution >= 0.6 is 0 Å². The molecule has 0 bridgehead atoms. The zero-order valence-electron chi connectivity index (χ0n) is 14.4. The molecule has 0 aromatic heterocycles. The van der Waals surface area contributed by atoms with E-state index in [1.165, 1.54) is 11.1 Å². The lowest BCUT2D eigenvalue weighted by Gasteiger charge is -2.33. The van der Waals surface area contributed by atoms with Gasteiger partial charge in [0.25, 0.3) is 0 Å². The molecule has 1 atom stereocenters. The zero-order valence-corrected chi connectivity index (χ0v) is 14.4. The van der Waals surface area contributed by atoms with Gasteiger partial charge in [0.1, 0.15) is 0 Å². The number of hydrogen-bond donors (Lipinski definition) is 0. The van der Waals surface area contributed by atoms with Gasteiger partial charge in [0.15, 0.2) is 11.5 Å². The second-order valence-corrected chi connectivity index (χ2v) is 6.45. The van der Waals surface area contributed by atoms with E-state index >= 15 is 0 Å². The topological polar surface area (TPSA) is 40.2 Å². The van der Waals surface area contributed by atoms with Crippen molar-refractivity contribution in [1.82, 2.24) is 4.90 Å². The molecule has 0 aliphatic carbocycles. The fourth-order valence-corrected chi connectivity index (χ4v) is 3.46. The average Bonchev–Trinajstić information content (AvgIpc) is 3.11. The van der Waals surface area contributed by atoms with Gasteiger partial charge in [-0.1, -0.05) is 30.3 Å². The van der Waals surface area contributed by atoms with E-state index < -0.39 is 0 Å². The molecule has 1 unspecified atom stereocenters. The van der Waals surface area contributed by atoms with Gasteiger partial charge in [0.2, 0.25) is 12.5 Å². The third-order valence-electron chi connectivity index (χ3n) is 4.65. The number of morpholine rings is 1. The Bertz CT molecular complexity index is 719. The number of hydrogen-bond acceptors (Lipinski definition) is 5. The molecular formula is C20H23NO4. The van der Waals surface area contributed by atoms with Gasteiger partial charge in [-0.15, -0.1) is 0 Å². The lowest BCUT2D eigenvalue weighted by molar-refractivity contribution is -0.0305. The van der Waals surface area contributed by atoms with Gasteiger partial charge in [0, 0.05) is 19.6 Å². The molecule has 2 aliphatic heterocycles. The molecule has 0 spiro atoms. The number of ether oxygens (including phenoxy) is 4.